The summed E-state index contributed by atoms with van der Waals surface area (Å²) in [7, 11) is 0. The standard InChI is InChI=1S/C43H25N5S/c1-4-11-26(12-5-1)33-25-34-37(43-42(33)47-49-48-43)32-18-10-17-31(41(32)46-38(34)28-15-8-3-9-16-28)36-24-22-30-20-19-29-21-23-35(27-13-6-2-7-14-27)44-39(29)40(30)45-36/h1-25H. The van der Waals surface area contributed by atoms with Gasteiger partial charge in [0.1, 0.15) is 11.0 Å². The normalized spacial score (nSPS) is 11.7. The van der Waals surface area contributed by atoms with Crippen molar-refractivity contribution in [3.63, 3.8) is 0 Å². The highest BCUT2D eigenvalue weighted by Crippen LogP contribution is 2.43. The number of benzene rings is 6. The van der Waals surface area contributed by atoms with E-state index < -0.39 is 0 Å². The molecule has 0 aliphatic heterocycles. The van der Waals surface area contributed by atoms with E-state index in [-0.39, 0.29) is 0 Å². The number of fused-ring (bicyclic) bond motifs is 8. The third-order valence-electron chi connectivity index (χ3n) is 9.32. The first-order valence-electron chi connectivity index (χ1n) is 16.2. The smallest absolute Gasteiger partial charge is 0.114 e. The van der Waals surface area contributed by atoms with Crippen molar-refractivity contribution in [3.8, 4) is 44.9 Å². The van der Waals surface area contributed by atoms with E-state index in [4.69, 9.17) is 23.7 Å². The molecule has 228 valence electrons. The third kappa shape index (κ3) is 4.49. The van der Waals surface area contributed by atoms with E-state index in [1.807, 2.05) is 30.3 Å². The predicted molar refractivity (Wildman–Crippen MR) is 203 cm³/mol. The second kappa shape index (κ2) is 11.1. The Kier molecular flexibility index (Phi) is 6.29. The molecule has 0 saturated carbocycles. The number of aromatic nitrogens is 5. The number of hydrogen-bond acceptors (Lipinski definition) is 6. The van der Waals surface area contributed by atoms with Gasteiger partial charge in [0.2, 0.25) is 0 Å². The Morgan fingerprint density at radius 2 is 0.959 bits per heavy atom. The fourth-order valence-corrected chi connectivity index (χ4v) is 7.55. The molecule has 0 atom stereocenters. The summed E-state index contributed by atoms with van der Waals surface area (Å²) in [5, 5.41) is 5.22. The van der Waals surface area contributed by atoms with Gasteiger partial charge in [-0.05, 0) is 23.8 Å². The molecular weight excluding hydrogens is 619 g/mol. The van der Waals surface area contributed by atoms with Crippen molar-refractivity contribution in [1.82, 2.24) is 23.7 Å². The molecule has 0 aliphatic rings. The molecule has 4 heterocycles. The average Bonchev–Trinajstić information content (AvgIpc) is 3.68. The van der Waals surface area contributed by atoms with E-state index in [0.717, 1.165) is 99.4 Å². The summed E-state index contributed by atoms with van der Waals surface area (Å²) in [4.78, 5) is 15.9. The molecule has 10 rings (SSSR count). The Hall–Kier alpha value is -6.37. The lowest BCUT2D eigenvalue weighted by Gasteiger charge is -2.15. The van der Waals surface area contributed by atoms with Crippen molar-refractivity contribution in [2.45, 2.75) is 0 Å². The van der Waals surface area contributed by atoms with Gasteiger partial charge in [-0.15, -0.1) is 0 Å². The van der Waals surface area contributed by atoms with E-state index >= 15 is 0 Å². The Bertz CT molecular complexity index is 2870. The molecule has 0 saturated heterocycles. The lowest BCUT2D eigenvalue weighted by Crippen LogP contribution is -1.96. The summed E-state index contributed by atoms with van der Waals surface area (Å²) in [6, 6.07) is 52.4. The van der Waals surface area contributed by atoms with Crippen LogP contribution in [0.2, 0.25) is 0 Å². The SMILES string of the molecule is c1ccc(-c2ccc3ccc4ccc(-c5cccc6c5nc(-c5ccccc5)c5cc(-c7ccccc7)c7nsnc7c56)nc4c3n2)cc1. The monoisotopic (exact) mass is 643 g/mol. The van der Waals surface area contributed by atoms with Crippen molar-refractivity contribution in [2.24, 2.45) is 0 Å². The molecule has 5 nitrogen and oxygen atoms in total. The van der Waals surface area contributed by atoms with Crippen LogP contribution in [0.5, 0.6) is 0 Å². The summed E-state index contributed by atoms with van der Waals surface area (Å²) in [5.41, 5.74) is 12.3. The van der Waals surface area contributed by atoms with E-state index in [2.05, 4.69) is 121 Å². The van der Waals surface area contributed by atoms with Crippen LogP contribution in [0.4, 0.5) is 0 Å². The van der Waals surface area contributed by atoms with Gasteiger partial charge in [0.05, 0.1) is 45.4 Å². The fraction of sp³-hybridized carbons (Fsp3) is 0. The largest absolute Gasteiger partial charge is 0.246 e. The molecule has 0 aliphatic carbocycles. The van der Waals surface area contributed by atoms with Crippen molar-refractivity contribution in [2.75, 3.05) is 0 Å². The Labute approximate surface area is 285 Å². The van der Waals surface area contributed by atoms with E-state index in [1.165, 1.54) is 11.7 Å². The molecule has 10 aromatic rings. The van der Waals surface area contributed by atoms with Crippen molar-refractivity contribution < 1.29 is 0 Å². The highest BCUT2D eigenvalue weighted by atomic mass is 32.1. The molecule has 0 fully saturated rings. The molecule has 0 bridgehead atoms. The zero-order valence-corrected chi connectivity index (χ0v) is 26.9. The molecule has 6 heteroatoms. The van der Waals surface area contributed by atoms with E-state index in [0.29, 0.717) is 0 Å². The van der Waals surface area contributed by atoms with Gasteiger partial charge in [-0.25, -0.2) is 15.0 Å². The summed E-state index contributed by atoms with van der Waals surface area (Å²) < 4.78 is 9.73. The second-order valence-electron chi connectivity index (χ2n) is 12.2. The molecular formula is C43H25N5S. The molecule has 49 heavy (non-hydrogen) atoms. The third-order valence-corrected chi connectivity index (χ3v) is 9.85. The fourth-order valence-electron chi connectivity index (χ4n) is 6.99. The van der Waals surface area contributed by atoms with Crippen molar-refractivity contribution in [3.05, 3.63) is 152 Å². The van der Waals surface area contributed by atoms with Crippen molar-refractivity contribution >= 4 is 66.2 Å². The van der Waals surface area contributed by atoms with Gasteiger partial charge in [-0.2, -0.15) is 8.75 Å². The summed E-state index contributed by atoms with van der Waals surface area (Å²) in [6.07, 6.45) is 0. The summed E-state index contributed by atoms with van der Waals surface area (Å²) >= 11 is 1.25. The Morgan fingerprint density at radius 3 is 1.67 bits per heavy atom. The topological polar surface area (TPSA) is 64.5 Å². The van der Waals surface area contributed by atoms with Gasteiger partial charge < -0.3 is 0 Å². The predicted octanol–water partition coefficient (Wildman–Crippen LogP) is 11.2. The molecule has 6 aromatic carbocycles. The highest BCUT2D eigenvalue weighted by molar-refractivity contribution is 7.00. The van der Waals surface area contributed by atoms with Crippen LogP contribution < -0.4 is 0 Å². The number of hydrogen-bond donors (Lipinski definition) is 0. The van der Waals surface area contributed by atoms with E-state index in [9.17, 15) is 0 Å². The second-order valence-corrected chi connectivity index (χ2v) is 12.7. The lowest BCUT2D eigenvalue weighted by atomic mass is 9.93. The van der Waals surface area contributed by atoms with Gasteiger partial charge in [0.15, 0.2) is 0 Å². The van der Waals surface area contributed by atoms with Crippen LogP contribution >= 0.6 is 11.7 Å². The lowest BCUT2D eigenvalue weighted by molar-refractivity contribution is 1.36. The average molecular weight is 644 g/mol. The van der Waals surface area contributed by atoms with Gasteiger partial charge >= 0.3 is 0 Å². The van der Waals surface area contributed by atoms with Crippen LogP contribution in [0, 0.1) is 0 Å². The van der Waals surface area contributed by atoms with Crippen LogP contribution in [-0.2, 0) is 0 Å². The maximum absolute atomic E-state index is 5.47. The van der Waals surface area contributed by atoms with Crippen LogP contribution in [0.1, 0.15) is 0 Å². The van der Waals surface area contributed by atoms with Crippen LogP contribution in [0.15, 0.2) is 152 Å². The van der Waals surface area contributed by atoms with E-state index in [1.54, 1.807) is 0 Å². The molecule has 0 unspecified atom stereocenters. The van der Waals surface area contributed by atoms with Crippen molar-refractivity contribution in [1.29, 1.82) is 0 Å². The Morgan fingerprint density at radius 1 is 0.367 bits per heavy atom. The zero-order valence-electron chi connectivity index (χ0n) is 26.1. The van der Waals surface area contributed by atoms with Gasteiger partial charge in [-0.1, -0.05) is 133 Å². The summed E-state index contributed by atoms with van der Waals surface area (Å²) in [5.74, 6) is 0. The molecule has 0 amide bonds. The quantitative estimate of drug-likeness (QED) is 0.179. The number of rotatable bonds is 4. The molecule has 4 aromatic heterocycles. The van der Waals surface area contributed by atoms with Crippen LogP contribution in [0.25, 0.3) is 99.4 Å². The summed E-state index contributed by atoms with van der Waals surface area (Å²) in [6.45, 7) is 0. The van der Waals surface area contributed by atoms with Gasteiger partial charge in [0.25, 0.3) is 0 Å². The van der Waals surface area contributed by atoms with Gasteiger partial charge in [-0.3, -0.25) is 0 Å². The first-order valence-corrected chi connectivity index (χ1v) is 16.9. The minimum absolute atomic E-state index is 0.844. The maximum atomic E-state index is 5.47. The van der Waals surface area contributed by atoms with Crippen LogP contribution in [-0.4, -0.2) is 23.7 Å². The highest BCUT2D eigenvalue weighted by Gasteiger charge is 2.21. The number of nitrogens with zero attached hydrogens (tertiary/aromatic N) is 5. The first-order chi connectivity index (χ1) is 24.3. The van der Waals surface area contributed by atoms with Gasteiger partial charge in [0, 0.05) is 49.2 Å². The Balaban J connectivity index is 1.27. The molecule has 0 N–H and O–H groups in total. The maximum Gasteiger partial charge on any atom is 0.114 e. The molecule has 0 radical (unpaired) electrons. The number of para-hydroxylation sites is 1. The minimum atomic E-state index is 0.844. The first kappa shape index (κ1) is 27.7. The zero-order chi connectivity index (χ0) is 32.3. The van der Waals surface area contributed by atoms with Crippen LogP contribution in [0.3, 0.4) is 0 Å². The molecule has 0 spiro atoms. The minimum Gasteiger partial charge on any atom is -0.246 e. The number of pyridine rings is 3.